The normalized spacial score (nSPS) is 10.8. The van der Waals surface area contributed by atoms with E-state index < -0.39 is 0 Å². The van der Waals surface area contributed by atoms with Crippen molar-refractivity contribution in [1.29, 1.82) is 0 Å². The van der Waals surface area contributed by atoms with Crippen LogP contribution in [-0.2, 0) is 5.75 Å². The molecule has 0 bridgehead atoms. The van der Waals surface area contributed by atoms with Gasteiger partial charge in [-0.3, -0.25) is 0 Å². The summed E-state index contributed by atoms with van der Waals surface area (Å²) in [5.41, 5.74) is 8.88. The Hall–Kier alpha value is -1.09. The summed E-state index contributed by atoms with van der Waals surface area (Å²) in [5, 5.41) is 1.10. The predicted molar refractivity (Wildman–Crippen MR) is 55.4 cm³/mol. The van der Waals surface area contributed by atoms with Crippen molar-refractivity contribution in [2.45, 2.75) is 5.75 Å². The maximum atomic E-state index is 5.82. The van der Waals surface area contributed by atoms with E-state index in [9.17, 15) is 0 Å². The summed E-state index contributed by atoms with van der Waals surface area (Å²) in [7, 11) is 0. The third-order valence-electron chi connectivity index (χ3n) is 1.99. The van der Waals surface area contributed by atoms with E-state index in [1.165, 1.54) is 0 Å². The zero-order valence-electron chi connectivity index (χ0n) is 6.54. The molecule has 2 aromatic rings. The van der Waals surface area contributed by atoms with Gasteiger partial charge in [-0.05, 0) is 17.7 Å². The summed E-state index contributed by atoms with van der Waals surface area (Å²) in [6, 6.07) is 5.86. The highest BCUT2D eigenvalue weighted by Gasteiger charge is 2.03. The van der Waals surface area contributed by atoms with Gasteiger partial charge in [-0.15, -0.1) is 0 Å². The number of nitrogen functional groups attached to an aromatic ring is 1. The molecule has 12 heavy (non-hydrogen) atoms. The topological polar surface area (TPSA) is 41.8 Å². The third-order valence-corrected chi connectivity index (χ3v) is 2.33. The van der Waals surface area contributed by atoms with Crippen molar-refractivity contribution in [2.24, 2.45) is 0 Å². The quantitative estimate of drug-likeness (QED) is 0.454. The van der Waals surface area contributed by atoms with E-state index in [2.05, 4.69) is 17.6 Å². The number of benzene rings is 1. The molecular formula is C9H10N2S. The second-order valence-corrected chi connectivity index (χ2v) is 3.06. The van der Waals surface area contributed by atoms with Crippen LogP contribution in [0.4, 0.5) is 5.69 Å². The van der Waals surface area contributed by atoms with Crippen molar-refractivity contribution in [1.82, 2.24) is 4.98 Å². The van der Waals surface area contributed by atoms with Gasteiger partial charge in [-0.25, -0.2) is 0 Å². The van der Waals surface area contributed by atoms with Gasteiger partial charge in [0.2, 0.25) is 0 Å². The van der Waals surface area contributed by atoms with Gasteiger partial charge in [0.15, 0.2) is 0 Å². The lowest BCUT2D eigenvalue weighted by molar-refractivity contribution is 1.41. The lowest BCUT2D eigenvalue weighted by Gasteiger charge is -1.97. The first kappa shape index (κ1) is 7.55. The molecule has 1 aromatic carbocycles. The van der Waals surface area contributed by atoms with Crippen molar-refractivity contribution >= 4 is 29.2 Å². The number of aromatic nitrogens is 1. The number of hydrogen-bond acceptors (Lipinski definition) is 2. The summed E-state index contributed by atoms with van der Waals surface area (Å²) in [5.74, 6) is 0.716. The number of aromatic amines is 1. The average molecular weight is 178 g/mol. The molecule has 0 aliphatic carbocycles. The number of nitrogens with two attached hydrogens (primary N) is 1. The van der Waals surface area contributed by atoms with Gasteiger partial charge in [0, 0.05) is 28.5 Å². The summed E-state index contributed by atoms with van der Waals surface area (Å²) in [6.45, 7) is 0. The number of nitrogens with one attached hydrogen (secondary N) is 1. The molecule has 2 rings (SSSR count). The summed E-state index contributed by atoms with van der Waals surface area (Å²) in [4.78, 5) is 3.15. The van der Waals surface area contributed by atoms with E-state index in [0.717, 1.165) is 22.2 Å². The highest BCUT2D eigenvalue weighted by Crippen LogP contribution is 2.25. The summed E-state index contributed by atoms with van der Waals surface area (Å²) < 4.78 is 0. The molecule has 0 fully saturated rings. The molecule has 62 valence electrons. The maximum absolute atomic E-state index is 5.82. The molecule has 0 aliphatic rings. The highest BCUT2D eigenvalue weighted by atomic mass is 32.1. The van der Waals surface area contributed by atoms with E-state index in [1.54, 1.807) is 0 Å². The smallest absolute Gasteiger partial charge is 0.0478 e. The molecule has 1 aromatic heterocycles. The first-order valence-electron chi connectivity index (χ1n) is 3.78. The number of fused-ring (bicyclic) bond motifs is 1. The molecule has 0 atom stereocenters. The van der Waals surface area contributed by atoms with Crippen LogP contribution >= 0.6 is 12.6 Å². The van der Waals surface area contributed by atoms with Crippen LogP contribution in [0.2, 0.25) is 0 Å². The fourth-order valence-corrected chi connectivity index (χ4v) is 1.66. The number of hydrogen-bond donors (Lipinski definition) is 3. The second-order valence-electron chi connectivity index (χ2n) is 2.74. The lowest BCUT2D eigenvalue weighted by atomic mass is 10.1. The third kappa shape index (κ3) is 0.975. The van der Waals surface area contributed by atoms with Crippen LogP contribution in [0.3, 0.4) is 0 Å². The van der Waals surface area contributed by atoms with Gasteiger partial charge >= 0.3 is 0 Å². The zero-order valence-corrected chi connectivity index (χ0v) is 7.44. The van der Waals surface area contributed by atoms with Crippen LogP contribution in [-0.4, -0.2) is 4.98 Å². The molecular weight excluding hydrogens is 168 g/mol. The standard InChI is InChI=1S/C9H10N2S/c10-7-2-1-3-8-9(7)6(5-12)4-11-8/h1-4,11-12H,5,10H2. The van der Waals surface area contributed by atoms with Crippen molar-refractivity contribution < 1.29 is 0 Å². The van der Waals surface area contributed by atoms with Gasteiger partial charge in [-0.1, -0.05) is 6.07 Å². The van der Waals surface area contributed by atoms with Crippen LogP contribution in [0.25, 0.3) is 10.9 Å². The van der Waals surface area contributed by atoms with Gasteiger partial charge < -0.3 is 10.7 Å². The predicted octanol–water partition coefficient (Wildman–Crippen LogP) is 2.18. The van der Waals surface area contributed by atoms with E-state index in [4.69, 9.17) is 5.73 Å². The molecule has 3 N–H and O–H groups in total. The monoisotopic (exact) mass is 178 g/mol. The Morgan fingerprint density at radius 2 is 2.25 bits per heavy atom. The Morgan fingerprint density at radius 3 is 3.00 bits per heavy atom. The van der Waals surface area contributed by atoms with E-state index in [0.29, 0.717) is 5.75 Å². The average Bonchev–Trinajstić information content (AvgIpc) is 2.49. The van der Waals surface area contributed by atoms with Gasteiger partial charge in [-0.2, -0.15) is 12.6 Å². The van der Waals surface area contributed by atoms with Crippen molar-refractivity contribution in [3.05, 3.63) is 30.0 Å². The van der Waals surface area contributed by atoms with E-state index >= 15 is 0 Å². The molecule has 0 saturated heterocycles. The molecule has 0 spiro atoms. The molecule has 0 amide bonds. The Labute approximate surface area is 76.2 Å². The lowest BCUT2D eigenvalue weighted by Crippen LogP contribution is -1.86. The van der Waals surface area contributed by atoms with Gasteiger partial charge in [0.05, 0.1) is 0 Å². The van der Waals surface area contributed by atoms with E-state index in [-0.39, 0.29) is 0 Å². The first-order chi connectivity index (χ1) is 5.83. The Bertz CT molecular complexity index is 406. The van der Waals surface area contributed by atoms with Crippen LogP contribution in [0.1, 0.15) is 5.56 Å². The molecule has 0 unspecified atom stereocenters. The largest absolute Gasteiger partial charge is 0.398 e. The molecule has 0 saturated carbocycles. The highest BCUT2D eigenvalue weighted by molar-refractivity contribution is 7.79. The minimum Gasteiger partial charge on any atom is -0.398 e. The summed E-state index contributed by atoms with van der Waals surface area (Å²) in [6.07, 6.45) is 1.95. The summed E-state index contributed by atoms with van der Waals surface area (Å²) >= 11 is 4.22. The number of H-pyrrole nitrogens is 1. The van der Waals surface area contributed by atoms with Crippen LogP contribution in [0.5, 0.6) is 0 Å². The van der Waals surface area contributed by atoms with Crippen molar-refractivity contribution in [3.8, 4) is 0 Å². The number of anilines is 1. The SMILES string of the molecule is Nc1cccc2[nH]cc(CS)c12. The fourth-order valence-electron chi connectivity index (χ4n) is 1.41. The Balaban J connectivity index is 2.83. The first-order valence-corrected chi connectivity index (χ1v) is 4.41. The molecule has 0 aliphatic heterocycles. The van der Waals surface area contributed by atoms with Gasteiger partial charge in [0.25, 0.3) is 0 Å². The minimum absolute atomic E-state index is 0.716. The molecule has 0 radical (unpaired) electrons. The Kier molecular flexibility index (Phi) is 1.73. The minimum atomic E-state index is 0.716. The second kappa shape index (κ2) is 2.75. The molecule has 3 heteroatoms. The molecule has 2 nitrogen and oxygen atoms in total. The van der Waals surface area contributed by atoms with Crippen LogP contribution in [0, 0.1) is 0 Å². The van der Waals surface area contributed by atoms with Crippen LogP contribution < -0.4 is 5.73 Å². The maximum Gasteiger partial charge on any atom is 0.0478 e. The Morgan fingerprint density at radius 1 is 1.42 bits per heavy atom. The van der Waals surface area contributed by atoms with Crippen molar-refractivity contribution in [2.75, 3.05) is 5.73 Å². The fraction of sp³-hybridized carbons (Fsp3) is 0.111. The number of thiol groups is 1. The zero-order chi connectivity index (χ0) is 8.55. The van der Waals surface area contributed by atoms with Crippen molar-refractivity contribution in [3.63, 3.8) is 0 Å². The van der Waals surface area contributed by atoms with Crippen LogP contribution in [0.15, 0.2) is 24.4 Å². The van der Waals surface area contributed by atoms with E-state index in [1.807, 2.05) is 24.4 Å². The number of rotatable bonds is 1. The van der Waals surface area contributed by atoms with Gasteiger partial charge in [0.1, 0.15) is 0 Å². The molecule has 1 heterocycles.